The van der Waals surface area contributed by atoms with Crippen LogP contribution in [-0.4, -0.2) is 29.0 Å². The third-order valence-corrected chi connectivity index (χ3v) is 2.93. The molecule has 4 nitrogen and oxygen atoms in total. The molecule has 0 saturated heterocycles. The number of hydrogen-bond donors (Lipinski definition) is 1. The Labute approximate surface area is 101 Å². The van der Waals surface area contributed by atoms with Crippen LogP contribution in [0.25, 0.3) is 0 Å². The normalized spacial score (nSPS) is 12.0. The van der Waals surface area contributed by atoms with E-state index in [2.05, 4.69) is 36.3 Å². The van der Waals surface area contributed by atoms with Crippen LogP contribution in [0.5, 0.6) is 0 Å². The van der Waals surface area contributed by atoms with E-state index in [9.17, 15) is 0 Å². The average Bonchev–Trinajstić information content (AvgIpc) is 2.62. The molecule has 0 spiro atoms. The third-order valence-electron chi connectivity index (χ3n) is 1.94. The van der Waals surface area contributed by atoms with Crippen molar-refractivity contribution in [2.45, 2.75) is 46.2 Å². The Morgan fingerprint density at radius 3 is 2.56 bits per heavy atom. The topological polar surface area (TPSA) is 47.0 Å². The Kier molecular flexibility index (Phi) is 5.31. The van der Waals surface area contributed by atoms with Crippen LogP contribution in [0.2, 0.25) is 0 Å². The van der Waals surface area contributed by atoms with Crippen LogP contribution in [0.4, 0.5) is 0 Å². The minimum Gasteiger partial charge on any atom is -0.381 e. The molecular formula is C11H21N3OS. The summed E-state index contributed by atoms with van der Waals surface area (Å²) in [5.41, 5.74) is 0.122. The van der Waals surface area contributed by atoms with Gasteiger partial charge in [-0.15, -0.1) is 21.5 Å². The van der Waals surface area contributed by atoms with Crippen LogP contribution >= 0.6 is 11.3 Å². The van der Waals surface area contributed by atoms with E-state index in [1.165, 1.54) is 0 Å². The summed E-state index contributed by atoms with van der Waals surface area (Å²) in [6.45, 7) is 10.7. The summed E-state index contributed by atoms with van der Waals surface area (Å²) in [6.07, 6.45) is 0.862. The van der Waals surface area contributed by atoms with Gasteiger partial charge >= 0.3 is 0 Å². The summed E-state index contributed by atoms with van der Waals surface area (Å²) < 4.78 is 5.28. The second kappa shape index (κ2) is 6.27. The van der Waals surface area contributed by atoms with Gasteiger partial charge in [-0.3, -0.25) is 0 Å². The second-order valence-electron chi connectivity index (χ2n) is 4.64. The first-order valence-corrected chi connectivity index (χ1v) is 6.47. The van der Waals surface area contributed by atoms with E-state index in [-0.39, 0.29) is 5.54 Å². The van der Waals surface area contributed by atoms with E-state index in [4.69, 9.17) is 4.74 Å². The summed E-state index contributed by atoms with van der Waals surface area (Å²) >= 11 is 1.66. The van der Waals surface area contributed by atoms with E-state index < -0.39 is 0 Å². The highest BCUT2D eigenvalue weighted by Gasteiger charge is 2.10. The zero-order valence-electron chi connectivity index (χ0n) is 10.5. The first kappa shape index (κ1) is 13.5. The highest BCUT2D eigenvalue weighted by Crippen LogP contribution is 2.11. The summed E-state index contributed by atoms with van der Waals surface area (Å²) in [5, 5.41) is 13.8. The van der Waals surface area contributed by atoms with Crippen molar-refractivity contribution >= 4 is 11.3 Å². The minimum absolute atomic E-state index is 0.122. The monoisotopic (exact) mass is 243 g/mol. The molecular weight excluding hydrogens is 222 g/mol. The maximum absolute atomic E-state index is 5.28. The van der Waals surface area contributed by atoms with Crippen molar-refractivity contribution in [1.29, 1.82) is 0 Å². The molecule has 0 aromatic carbocycles. The molecule has 0 aliphatic carbocycles. The molecule has 0 atom stereocenters. The van der Waals surface area contributed by atoms with E-state index in [0.29, 0.717) is 0 Å². The summed E-state index contributed by atoms with van der Waals surface area (Å²) in [7, 11) is 0. The van der Waals surface area contributed by atoms with Crippen LogP contribution in [0, 0.1) is 0 Å². The minimum atomic E-state index is 0.122. The first-order valence-electron chi connectivity index (χ1n) is 5.65. The molecule has 0 unspecified atom stereocenters. The Balaban J connectivity index is 2.33. The lowest BCUT2D eigenvalue weighted by Gasteiger charge is -2.19. The molecule has 0 saturated carbocycles. The molecule has 16 heavy (non-hydrogen) atoms. The Morgan fingerprint density at radius 1 is 1.25 bits per heavy atom. The quantitative estimate of drug-likeness (QED) is 0.776. The van der Waals surface area contributed by atoms with E-state index in [0.717, 1.165) is 36.2 Å². The molecule has 1 rings (SSSR count). The molecule has 0 aliphatic rings. The van der Waals surface area contributed by atoms with Crippen LogP contribution in [0.1, 0.15) is 37.7 Å². The number of nitrogens with zero attached hydrogens (tertiary/aromatic N) is 2. The van der Waals surface area contributed by atoms with Crippen molar-refractivity contribution in [1.82, 2.24) is 15.5 Å². The number of rotatable bonds is 6. The number of ether oxygens (including phenoxy) is 1. The van der Waals surface area contributed by atoms with Crippen molar-refractivity contribution in [3.63, 3.8) is 0 Å². The Hall–Kier alpha value is -0.520. The van der Waals surface area contributed by atoms with Crippen LogP contribution in [0.3, 0.4) is 0 Å². The van der Waals surface area contributed by atoms with Gasteiger partial charge in [0.05, 0.1) is 13.2 Å². The smallest absolute Gasteiger partial charge is 0.131 e. The van der Waals surface area contributed by atoms with Gasteiger partial charge in [0.25, 0.3) is 0 Å². The first-order chi connectivity index (χ1) is 7.51. The summed E-state index contributed by atoms with van der Waals surface area (Å²) in [6, 6.07) is 0. The lowest BCUT2D eigenvalue weighted by molar-refractivity contribution is 0.150. The largest absolute Gasteiger partial charge is 0.381 e. The van der Waals surface area contributed by atoms with Gasteiger partial charge in [-0.2, -0.15) is 0 Å². The fraction of sp³-hybridized carbons (Fsp3) is 0.818. The average molecular weight is 243 g/mol. The van der Waals surface area contributed by atoms with Gasteiger partial charge in [-0.25, -0.2) is 0 Å². The van der Waals surface area contributed by atoms with Gasteiger partial charge in [0.1, 0.15) is 10.0 Å². The second-order valence-corrected chi connectivity index (χ2v) is 5.79. The summed E-state index contributed by atoms with van der Waals surface area (Å²) in [5.74, 6) is 0. The zero-order chi connectivity index (χ0) is 12.0. The predicted molar refractivity (Wildman–Crippen MR) is 66.7 cm³/mol. The van der Waals surface area contributed by atoms with Gasteiger partial charge in [-0.1, -0.05) is 0 Å². The fourth-order valence-corrected chi connectivity index (χ4v) is 1.87. The number of aromatic nitrogens is 2. The van der Waals surface area contributed by atoms with Crippen LogP contribution in [-0.2, 0) is 17.7 Å². The molecule has 0 bridgehead atoms. The Morgan fingerprint density at radius 2 is 1.94 bits per heavy atom. The highest BCUT2D eigenvalue weighted by atomic mass is 32.1. The van der Waals surface area contributed by atoms with E-state index >= 15 is 0 Å². The van der Waals surface area contributed by atoms with Crippen LogP contribution in [0.15, 0.2) is 0 Å². The lowest BCUT2D eigenvalue weighted by atomic mass is 10.1. The van der Waals surface area contributed by atoms with Crippen molar-refractivity contribution in [2.75, 3.05) is 13.2 Å². The predicted octanol–water partition coefficient (Wildman–Crippen LogP) is 2.01. The molecule has 5 heteroatoms. The maximum Gasteiger partial charge on any atom is 0.131 e. The SMILES string of the molecule is CCOCCc1nnc(CNC(C)(C)C)s1. The van der Waals surface area contributed by atoms with Gasteiger partial charge in [0, 0.05) is 18.6 Å². The molecule has 0 fully saturated rings. The van der Waals surface area contributed by atoms with E-state index in [1.54, 1.807) is 11.3 Å². The third kappa shape index (κ3) is 5.53. The van der Waals surface area contributed by atoms with Gasteiger partial charge in [0.2, 0.25) is 0 Å². The number of nitrogens with one attached hydrogen (secondary N) is 1. The van der Waals surface area contributed by atoms with Gasteiger partial charge in [0.15, 0.2) is 0 Å². The highest BCUT2D eigenvalue weighted by molar-refractivity contribution is 7.11. The molecule has 92 valence electrons. The summed E-state index contributed by atoms with van der Waals surface area (Å²) in [4.78, 5) is 0. The number of hydrogen-bond acceptors (Lipinski definition) is 5. The van der Waals surface area contributed by atoms with Crippen molar-refractivity contribution in [3.05, 3.63) is 10.0 Å². The Bertz CT molecular complexity index is 306. The zero-order valence-corrected chi connectivity index (χ0v) is 11.4. The molecule has 1 aromatic heterocycles. The fourth-order valence-electron chi connectivity index (χ4n) is 1.11. The van der Waals surface area contributed by atoms with Crippen molar-refractivity contribution in [3.8, 4) is 0 Å². The van der Waals surface area contributed by atoms with Crippen molar-refractivity contribution in [2.24, 2.45) is 0 Å². The van der Waals surface area contributed by atoms with Gasteiger partial charge < -0.3 is 10.1 Å². The standard InChI is InChI=1S/C11H21N3OS/c1-5-15-7-6-9-13-14-10(16-9)8-12-11(2,3)4/h12H,5-8H2,1-4H3. The molecule has 0 amide bonds. The van der Waals surface area contributed by atoms with E-state index in [1.807, 2.05) is 6.92 Å². The van der Waals surface area contributed by atoms with Gasteiger partial charge in [-0.05, 0) is 27.7 Å². The molecule has 0 aliphatic heterocycles. The van der Waals surface area contributed by atoms with Crippen LogP contribution < -0.4 is 5.32 Å². The van der Waals surface area contributed by atoms with Crippen molar-refractivity contribution < 1.29 is 4.74 Å². The molecule has 1 N–H and O–H groups in total. The molecule has 1 aromatic rings. The maximum atomic E-state index is 5.28. The lowest BCUT2D eigenvalue weighted by Crippen LogP contribution is -2.35. The molecule has 1 heterocycles. The molecule has 0 radical (unpaired) electrons.